The standard InChI is InChI=1S/C19H31N3OS/c1-15(17-8-6-5-7-9-17)16(2)22-18(20-3)21-14-19(24-4)10-12-23-13-11-19/h5-9,15-16H,10-14H2,1-4H3,(H2,20,21,22). The van der Waals surface area contributed by atoms with Gasteiger partial charge in [0.15, 0.2) is 5.96 Å². The number of nitrogens with zero attached hydrogens (tertiary/aromatic N) is 1. The van der Waals surface area contributed by atoms with Gasteiger partial charge in [0.05, 0.1) is 0 Å². The normalized spacial score (nSPS) is 20.2. The molecule has 5 heteroatoms. The molecule has 2 atom stereocenters. The van der Waals surface area contributed by atoms with Gasteiger partial charge in [0.1, 0.15) is 0 Å². The van der Waals surface area contributed by atoms with E-state index in [0.717, 1.165) is 38.6 Å². The zero-order valence-electron chi connectivity index (χ0n) is 15.3. The fraction of sp³-hybridized carbons (Fsp3) is 0.632. The molecule has 134 valence electrons. The molecule has 4 nitrogen and oxygen atoms in total. The lowest BCUT2D eigenvalue weighted by Crippen LogP contribution is -2.50. The van der Waals surface area contributed by atoms with E-state index in [4.69, 9.17) is 4.74 Å². The molecule has 2 rings (SSSR count). The van der Waals surface area contributed by atoms with Gasteiger partial charge in [0, 0.05) is 43.5 Å². The fourth-order valence-corrected chi connectivity index (χ4v) is 3.81. The van der Waals surface area contributed by atoms with Crippen molar-refractivity contribution in [3.05, 3.63) is 35.9 Å². The summed E-state index contributed by atoms with van der Waals surface area (Å²) in [5.41, 5.74) is 1.35. The highest BCUT2D eigenvalue weighted by atomic mass is 32.2. The molecule has 0 spiro atoms. The summed E-state index contributed by atoms with van der Waals surface area (Å²) in [6.45, 7) is 7.10. The first-order valence-electron chi connectivity index (χ1n) is 8.75. The Hall–Kier alpha value is -1.20. The van der Waals surface area contributed by atoms with Crippen LogP contribution in [0.1, 0.15) is 38.2 Å². The lowest BCUT2D eigenvalue weighted by atomic mass is 9.94. The molecule has 1 aliphatic rings. The number of thioether (sulfide) groups is 1. The van der Waals surface area contributed by atoms with Crippen LogP contribution in [0.3, 0.4) is 0 Å². The van der Waals surface area contributed by atoms with Gasteiger partial charge in [0.2, 0.25) is 0 Å². The molecule has 0 saturated carbocycles. The monoisotopic (exact) mass is 349 g/mol. The molecule has 0 radical (unpaired) electrons. The number of hydrogen-bond donors (Lipinski definition) is 2. The van der Waals surface area contributed by atoms with Gasteiger partial charge in [-0.05, 0) is 31.6 Å². The third kappa shape index (κ3) is 5.15. The van der Waals surface area contributed by atoms with Gasteiger partial charge in [-0.15, -0.1) is 0 Å². The van der Waals surface area contributed by atoms with E-state index in [2.05, 4.69) is 66.1 Å². The summed E-state index contributed by atoms with van der Waals surface area (Å²) < 4.78 is 5.77. The smallest absolute Gasteiger partial charge is 0.191 e. The number of nitrogens with one attached hydrogen (secondary N) is 2. The predicted octanol–water partition coefficient (Wildman–Crippen LogP) is 3.26. The van der Waals surface area contributed by atoms with Crippen LogP contribution in [0.5, 0.6) is 0 Å². The Bertz CT molecular complexity index is 515. The molecule has 1 saturated heterocycles. The van der Waals surface area contributed by atoms with E-state index in [0.29, 0.717) is 12.0 Å². The Morgan fingerprint density at radius 2 is 1.92 bits per heavy atom. The Balaban J connectivity index is 1.89. The maximum atomic E-state index is 5.52. The minimum Gasteiger partial charge on any atom is -0.381 e. The molecule has 0 aliphatic carbocycles. The van der Waals surface area contributed by atoms with Crippen LogP contribution < -0.4 is 10.6 Å². The molecule has 0 bridgehead atoms. The van der Waals surface area contributed by atoms with E-state index >= 15 is 0 Å². The first-order chi connectivity index (χ1) is 11.6. The first kappa shape index (κ1) is 19.1. The molecule has 1 aliphatic heterocycles. The summed E-state index contributed by atoms with van der Waals surface area (Å²) in [5.74, 6) is 1.30. The van der Waals surface area contributed by atoms with Crippen LogP contribution in [-0.2, 0) is 4.74 Å². The highest BCUT2D eigenvalue weighted by Gasteiger charge is 2.32. The summed E-state index contributed by atoms with van der Waals surface area (Å²) in [5, 5.41) is 7.07. The lowest BCUT2D eigenvalue weighted by molar-refractivity contribution is 0.0782. The Labute approximate surface area is 150 Å². The Morgan fingerprint density at radius 1 is 1.25 bits per heavy atom. The summed E-state index contributed by atoms with van der Waals surface area (Å²) >= 11 is 1.94. The zero-order chi connectivity index (χ0) is 17.4. The van der Waals surface area contributed by atoms with Crippen LogP contribution in [0, 0.1) is 0 Å². The van der Waals surface area contributed by atoms with E-state index in [-0.39, 0.29) is 4.75 Å². The second-order valence-corrected chi connectivity index (χ2v) is 7.83. The lowest BCUT2D eigenvalue weighted by Gasteiger charge is -2.36. The van der Waals surface area contributed by atoms with E-state index < -0.39 is 0 Å². The minimum absolute atomic E-state index is 0.254. The minimum atomic E-state index is 0.254. The number of benzene rings is 1. The molecule has 0 amide bonds. The first-order valence-corrected chi connectivity index (χ1v) is 9.98. The predicted molar refractivity (Wildman–Crippen MR) is 105 cm³/mol. The Kier molecular flexibility index (Phi) is 7.43. The number of ether oxygens (including phenoxy) is 1. The summed E-state index contributed by atoms with van der Waals surface area (Å²) in [7, 11) is 1.84. The van der Waals surface area contributed by atoms with Gasteiger partial charge in [-0.2, -0.15) is 11.8 Å². The molecular formula is C19H31N3OS. The average Bonchev–Trinajstić information content (AvgIpc) is 2.65. The number of rotatable bonds is 6. The van der Waals surface area contributed by atoms with Crippen molar-refractivity contribution < 1.29 is 4.74 Å². The van der Waals surface area contributed by atoms with Gasteiger partial charge in [-0.1, -0.05) is 37.3 Å². The molecule has 0 aromatic heterocycles. The van der Waals surface area contributed by atoms with Gasteiger partial charge in [-0.3, -0.25) is 4.99 Å². The quantitative estimate of drug-likeness (QED) is 0.611. The number of aliphatic imine (C=N–C) groups is 1. The average molecular weight is 350 g/mol. The zero-order valence-corrected chi connectivity index (χ0v) is 16.2. The molecule has 1 fully saturated rings. The van der Waals surface area contributed by atoms with Crippen molar-refractivity contribution in [3.8, 4) is 0 Å². The van der Waals surface area contributed by atoms with Crippen LogP contribution in [0.4, 0.5) is 0 Å². The van der Waals surface area contributed by atoms with E-state index in [1.54, 1.807) is 0 Å². The topological polar surface area (TPSA) is 45.7 Å². The van der Waals surface area contributed by atoms with Crippen LogP contribution in [0.2, 0.25) is 0 Å². The maximum absolute atomic E-state index is 5.52. The van der Waals surface area contributed by atoms with Crippen molar-refractivity contribution >= 4 is 17.7 Å². The third-order valence-electron chi connectivity index (χ3n) is 5.08. The van der Waals surface area contributed by atoms with Crippen molar-refractivity contribution in [2.75, 3.05) is 33.1 Å². The molecule has 2 unspecified atom stereocenters. The van der Waals surface area contributed by atoms with E-state index in [1.807, 2.05) is 18.8 Å². The van der Waals surface area contributed by atoms with Gasteiger partial charge in [-0.25, -0.2) is 0 Å². The summed E-state index contributed by atoms with van der Waals surface area (Å²) in [6.07, 6.45) is 4.38. The highest BCUT2D eigenvalue weighted by Crippen LogP contribution is 2.32. The molecule has 24 heavy (non-hydrogen) atoms. The molecule has 1 aromatic carbocycles. The molecular weight excluding hydrogens is 318 g/mol. The Morgan fingerprint density at radius 3 is 2.50 bits per heavy atom. The SMILES string of the molecule is CN=C(NCC1(SC)CCOCC1)NC(C)C(C)c1ccccc1. The summed E-state index contributed by atoms with van der Waals surface area (Å²) in [4.78, 5) is 4.41. The summed E-state index contributed by atoms with van der Waals surface area (Å²) in [6, 6.07) is 10.9. The van der Waals surface area contributed by atoms with Gasteiger partial charge < -0.3 is 15.4 Å². The highest BCUT2D eigenvalue weighted by molar-refractivity contribution is 8.00. The molecule has 2 N–H and O–H groups in total. The van der Waals surface area contributed by atoms with Crippen LogP contribution >= 0.6 is 11.8 Å². The van der Waals surface area contributed by atoms with Crippen molar-refractivity contribution in [1.29, 1.82) is 0 Å². The fourth-order valence-electron chi connectivity index (χ4n) is 3.02. The van der Waals surface area contributed by atoms with Crippen LogP contribution in [0.25, 0.3) is 0 Å². The van der Waals surface area contributed by atoms with Gasteiger partial charge in [0.25, 0.3) is 0 Å². The van der Waals surface area contributed by atoms with Crippen molar-refractivity contribution in [1.82, 2.24) is 10.6 Å². The molecule has 1 heterocycles. The van der Waals surface area contributed by atoms with Gasteiger partial charge >= 0.3 is 0 Å². The molecule has 1 aromatic rings. The van der Waals surface area contributed by atoms with E-state index in [9.17, 15) is 0 Å². The maximum Gasteiger partial charge on any atom is 0.191 e. The largest absolute Gasteiger partial charge is 0.381 e. The number of hydrogen-bond acceptors (Lipinski definition) is 3. The third-order valence-corrected chi connectivity index (χ3v) is 6.50. The van der Waals surface area contributed by atoms with Crippen molar-refractivity contribution in [2.45, 2.75) is 43.4 Å². The number of guanidine groups is 1. The second kappa shape index (κ2) is 9.33. The van der Waals surface area contributed by atoms with Crippen LogP contribution in [-0.4, -0.2) is 49.8 Å². The van der Waals surface area contributed by atoms with E-state index in [1.165, 1.54) is 5.56 Å². The van der Waals surface area contributed by atoms with Crippen molar-refractivity contribution in [2.24, 2.45) is 4.99 Å². The van der Waals surface area contributed by atoms with Crippen LogP contribution in [0.15, 0.2) is 35.3 Å². The second-order valence-electron chi connectivity index (χ2n) is 6.56. The van der Waals surface area contributed by atoms with Crippen molar-refractivity contribution in [3.63, 3.8) is 0 Å².